The van der Waals surface area contributed by atoms with E-state index in [9.17, 15) is 9.59 Å². The van der Waals surface area contributed by atoms with Gasteiger partial charge in [-0.25, -0.2) is 19.0 Å². The van der Waals surface area contributed by atoms with E-state index in [0.717, 1.165) is 28.3 Å². The van der Waals surface area contributed by atoms with Gasteiger partial charge in [-0.1, -0.05) is 113 Å². The van der Waals surface area contributed by atoms with Gasteiger partial charge < -0.3 is 15.2 Å². The Morgan fingerprint density at radius 2 is 1.04 bits per heavy atom. The zero-order valence-corrected chi connectivity index (χ0v) is 32.2. The molecule has 276 valence electrons. The number of nitrogen functional groups attached to an aromatic ring is 1. The van der Waals surface area contributed by atoms with Gasteiger partial charge in [-0.2, -0.15) is 10.2 Å². The molecule has 0 bridgehead atoms. The van der Waals surface area contributed by atoms with E-state index in [4.69, 9.17) is 22.1 Å². The molecule has 0 unspecified atom stereocenters. The lowest BCUT2D eigenvalue weighted by Crippen LogP contribution is -2.19. The number of para-hydroxylation sites is 2. The Morgan fingerprint density at radius 1 is 0.623 bits per heavy atom. The third-order valence-corrected chi connectivity index (χ3v) is 7.74. The van der Waals surface area contributed by atoms with Crippen molar-refractivity contribution in [3.8, 4) is 22.9 Å². The van der Waals surface area contributed by atoms with Gasteiger partial charge in [0.2, 0.25) is 0 Å². The molecule has 1 amide bonds. The van der Waals surface area contributed by atoms with Crippen LogP contribution in [0, 0.1) is 13.8 Å². The molecule has 0 aliphatic rings. The normalized spacial score (nSPS) is 11.0. The number of carbonyl (C=O) groups is 2. The van der Waals surface area contributed by atoms with Gasteiger partial charge in [0.05, 0.1) is 22.8 Å². The van der Waals surface area contributed by atoms with E-state index in [-0.39, 0.29) is 10.8 Å². The molecule has 0 aliphatic heterocycles. The maximum Gasteiger partial charge on any atom is 0.418 e. The van der Waals surface area contributed by atoms with Crippen LogP contribution in [0.3, 0.4) is 0 Å². The lowest BCUT2D eigenvalue weighted by molar-refractivity contribution is 0.215. The van der Waals surface area contributed by atoms with Crippen LogP contribution in [-0.2, 0) is 10.8 Å². The molecular formula is C42H47ClN6O4. The van der Waals surface area contributed by atoms with Gasteiger partial charge in [0.25, 0.3) is 0 Å². The summed E-state index contributed by atoms with van der Waals surface area (Å²) in [6.45, 7) is 16.8. The molecule has 11 heteroatoms. The fourth-order valence-corrected chi connectivity index (χ4v) is 4.77. The summed E-state index contributed by atoms with van der Waals surface area (Å²) in [5.74, 6) is 2.20. The number of amides is 1. The molecule has 0 aliphatic carbocycles. The monoisotopic (exact) mass is 734 g/mol. The lowest BCUT2D eigenvalue weighted by Gasteiger charge is -2.14. The van der Waals surface area contributed by atoms with Gasteiger partial charge in [0, 0.05) is 34.6 Å². The number of carbonyl (C=O) groups excluding carboxylic acids is 2. The summed E-state index contributed by atoms with van der Waals surface area (Å²) in [7, 11) is 0. The number of rotatable bonds is 5. The number of ether oxygens (including phenoxy) is 2. The molecule has 6 rings (SSSR count). The van der Waals surface area contributed by atoms with Gasteiger partial charge in [0.15, 0.2) is 0 Å². The SMILES string of the molecule is Cc1ccc(-n2nc(C(C)(C)C)cc2N)cc1.Cc1ccc(-n2nc(C(C)(C)C)cc2NC(=O)Oc2ccccc2)cc1.O=C(Cl)Oc1ccccc1. The van der Waals surface area contributed by atoms with E-state index >= 15 is 0 Å². The molecule has 10 nitrogen and oxygen atoms in total. The van der Waals surface area contributed by atoms with Crippen molar-refractivity contribution < 1.29 is 19.1 Å². The Bertz CT molecular complexity index is 2080. The summed E-state index contributed by atoms with van der Waals surface area (Å²) in [4.78, 5) is 22.5. The van der Waals surface area contributed by atoms with Gasteiger partial charge in [-0.15, -0.1) is 0 Å². The molecule has 53 heavy (non-hydrogen) atoms. The number of halogens is 1. The number of nitrogens with one attached hydrogen (secondary N) is 1. The predicted octanol–water partition coefficient (Wildman–Crippen LogP) is 10.6. The van der Waals surface area contributed by atoms with Crippen LogP contribution in [0.1, 0.15) is 64.1 Å². The second-order valence-electron chi connectivity index (χ2n) is 14.3. The molecule has 2 aromatic heterocycles. The Morgan fingerprint density at radius 3 is 1.47 bits per heavy atom. The highest BCUT2D eigenvalue weighted by Crippen LogP contribution is 2.27. The number of hydrogen-bond donors (Lipinski definition) is 2. The fourth-order valence-electron chi connectivity index (χ4n) is 4.68. The minimum absolute atomic E-state index is 0.0179. The van der Waals surface area contributed by atoms with Crippen molar-refractivity contribution in [1.29, 1.82) is 0 Å². The van der Waals surface area contributed by atoms with Gasteiger partial charge in [-0.3, -0.25) is 5.32 Å². The van der Waals surface area contributed by atoms with E-state index in [1.165, 1.54) is 5.56 Å². The van der Waals surface area contributed by atoms with E-state index in [2.05, 4.69) is 80.8 Å². The zero-order valence-electron chi connectivity index (χ0n) is 31.4. The maximum atomic E-state index is 12.3. The summed E-state index contributed by atoms with van der Waals surface area (Å²) >= 11 is 4.95. The molecule has 0 spiro atoms. The first-order chi connectivity index (χ1) is 25.0. The Hall–Kier alpha value is -5.87. The summed E-state index contributed by atoms with van der Waals surface area (Å²) in [5, 5.41) is 12.1. The number of aryl methyl sites for hydroxylation is 2. The van der Waals surface area contributed by atoms with Crippen molar-refractivity contribution in [1.82, 2.24) is 19.6 Å². The second-order valence-corrected chi connectivity index (χ2v) is 14.7. The first kappa shape index (κ1) is 39.9. The lowest BCUT2D eigenvalue weighted by atomic mass is 9.92. The minimum Gasteiger partial charge on any atom is -0.415 e. The van der Waals surface area contributed by atoms with Crippen molar-refractivity contribution in [3.63, 3.8) is 0 Å². The zero-order chi connectivity index (χ0) is 38.8. The quantitative estimate of drug-likeness (QED) is 0.169. The van der Waals surface area contributed by atoms with Gasteiger partial charge in [-0.05, 0) is 62.4 Å². The second kappa shape index (κ2) is 17.6. The Balaban J connectivity index is 0.000000198. The fraction of sp³-hybridized carbons (Fsp3) is 0.238. The highest BCUT2D eigenvalue weighted by Gasteiger charge is 2.22. The molecule has 0 saturated heterocycles. The van der Waals surface area contributed by atoms with E-state index < -0.39 is 11.5 Å². The van der Waals surface area contributed by atoms with Gasteiger partial charge in [0.1, 0.15) is 23.1 Å². The third kappa shape index (κ3) is 12.1. The number of nitrogens with zero attached hydrogens (tertiary/aromatic N) is 4. The first-order valence-corrected chi connectivity index (χ1v) is 17.4. The van der Waals surface area contributed by atoms with Crippen molar-refractivity contribution in [2.75, 3.05) is 11.1 Å². The average Bonchev–Trinajstić information content (AvgIpc) is 3.71. The van der Waals surface area contributed by atoms with Crippen LogP contribution in [0.4, 0.5) is 21.2 Å². The smallest absolute Gasteiger partial charge is 0.415 e. The number of anilines is 2. The summed E-state index contributed by atoms with van der Waals surface area (Å²) < 4.78 is 13.4. The van der Waals surface area contributed by atoms with E-state index in [0.29, 0.717) is 23.1 Å². The summed E-state index contributed by atoms with van der Waals surface area (Å²) in [6, 6.07) is 37.6. The molecule has 4 aromatic carbocycles. The number of benzene rings is 4. The van der Waals surface area contributed by atoms with E-state index in [1.807, 2.05) is 79.7 Å². The molecule has 0 atom stereocenters. The summed E-state index contributed by atoms with van der Waals surface area (Å²) in [6.07, 6.45) is -0.551. The first-order valence-electron chi connectivity index (χ1n) is 17.1. The van der Waals surface area contributed by atoms with Crippen LogP contribution >= 0.6 is 11.6 Å². The highest BCUT2D eigenvalue weighted by molar-refractivity contribution is 6.61. The molecule has 6 aromatic rings. The van der Waals surface area contributed by atoms with Crippen LogP contribution in [0.5, 0.6) is 11.5 Å². The van der Waals surface area contributed by atoms with Crippen LogP contribution in [0.25, 0.3) is 11.4 Å². The van der Waals surface area contributed by atoms with Crippen LogP contribution < -0.4 is 20.5 Å². The predicted molar refractivity (Wildman–Crippen MR) is 213 cm³/mol. The van der Waals surface area contributed by atoms with Crippen molar-refractivity contribution in [2.45, 2.75) is 66.2 Å². The van der Waals surface area contributed by atoms with Crippen molar-refractivity contribution in [3.05, 3.63) is 144 Å². The molecular weight excluding hydrogens is 688 g/mol. The maximum absolute atomic E-state index is 12.3. The topological polar surface area (TPSA) is 126 Å². The van der Waals surface area contributed by atoms with Crippen LogP contribution in [-0.4, -0.2) is 31.1 Å². The highest BCUT2D eigenvalue weighted by atomic mass is 35.5. The molecule has 0 fully saturated rings. The molecule has 3 N–H and O–H groups in total. The molecule has 2 heterocycles. The minimum atomic E-state index is -0.814. The van der Waals surface area contributed by atoms with E-state index in [1.54, 1.807) is 45.8 Å². The van der Waals surface area contributed by atoms with Crippen LogP contribution in [0.2, 0.25) is 0 Å². The molecule has 0 radical (unpaired) electrons. The molecule has 0 saturated carbocycles. The number of hydrogen-bond acceptors (Lipinski definition) is 7. The van der Waals surface area contributed by atoms with Crippen molar-refractivity contribution in [2.24, 2.45) is 0 Å². The Kier molecular flexibility index (Phi) is 13.2. The van der Waals surface area contributed by atoms with Crippen molar-refractivity contribution >= 4 is 34.8 Å². The van der Waals surface area contributed by atoms with Crippen LogP contribution in [0.15, 0.2) is 121 Å². The number of nitrogens with two attached hydrogens (primary N) is 1. The average molecular weight is 735 g/mol. The number of aromatic nitrogens is 4. The largest absolute Gasteiger partial charge is 0.418 e. The Labute approximate surface area is 316 Å². The third-order valence-electron chi connectivity index (χ3n) is 7.67. The van der Waals surface area contributed by atoms with Gasteiger partial charge >= 0.3 is 11.5 Å². The summed E-state index contributed by atoms with van der Waals surface area (Å²) in [5.41, 5.74) is 11.2. The standard InChI is InChI=1S/C21H23N3O2.C14H19N3.C7H5ClO2/c1-15-10-12-16(13-11-15)24-19(14-18(23-24)21(2,3)4)22-20(25)26-17-8-6-5-7-9-17;1-10-5-7-11(8-6-10)17-13(15)9-12(16-17)14(2,3)4;8-7(9)10-6-4-2-1-3-5-6/h5-14H,1-4H3,(H,22,25);5-9H,15H2,1-4H3;1-5H.